The van der Waals surface area contributed by atoms with Gasteiger partial charge in [0, 0.05) is 24.2 Å². The fourth-order valence-corrected chi connectivity index (χ4v) is 4.40. The highest BCUT2D eigenvalue weighted by Gasteiger charge is 2.46. The molecule has 0 aliphatic carbocycles. The van der Waals surface area contributed by atoms with E-state index in [1.54, 1.807) is 19.2 Å². The van der Waals surface area contributed by atoms with Crippen molar-refractivity contribution in [2.45, 2.75) is 25.4 Å². The maximum Gasteiger partial charge on any atom is 0.343 e. The number of esters is 1. The summed E-state index contributed by atoms with van der Waals surface area (Å²) in [5.74, 6) is 2.12. The van der Waals surface area contributed by atoms with Crippen molar-refractivity contribution in [3.05, 3.63) is 40.5 Å². The first-order chi connectivity index (χ1) is 14.5. The third kappa shape index (κ3) is 2.67. The predicted molar refractivity (Wildman–Crippen MR) is 106 cm³/mol. The lowest BCUT2D eigenvalue weighted by atomic mass is 9.98. The van der Waals surface area contributed by atoms with Crippen molar-refractivity contribution in [2.24, 2.45) is 0 Å². The van der Waals surface area contributed by atoms with E-state index in [1.807, 2.05) is 6.07 Å². The SMILES string of the molecule is COc1ccc2c(c1OC)C(=O)OC2C1Oc2cc3c(c(OC)c2O1)CN(C)CC3. The summed E-state index contributed by atoms with van der Waals surface area (Å²) in [6, 6.07) is 5.52. The molecule has 3 heterocycles. The van der Waals surface area contributed by atoms with E-state index < -0.39 is 18.4 Å². The summed E-state index contributed by atoms with van der Waals surface area (Å²) in [6.45, 7) is 1.74. The fraction of sp³-hybridized carbons (Fsp3) is 0.409. The van der Waals surface area contributed by atoms with Crippen LogP contribution in [0.3, 0.4) is 0 Å². The van der Waals surface area contributed by atoms with Crippen LogP contribution < -0.4 is 23.7 Å². The molecule has 0 radical (unpaired) electrons. The largest absolute Gasteiger partial charge is 0.493 e. The lowest BCUT2D eigenvalue weighted by molar-refractivity contribution is -0.0663. The zero-order valence-electron chi connectivity index (χ0n) is 17.3. The zero-order valence-corrected chi connectivity index (χ0v) is 17.3. The summed E-state index contributed by atoms with van der Waals surface area (Å²) < 4.78 is 34.3. The molecule has 2 aromatic carbocycles. The van der Waals surface area contributed by atoms with Gasteiger partial charge in [-0.25, -0.2) is 4.79 Å². The molecule has 0 saturated carbocycles. The van der Waals surface area contributed by atoms with Gasteiger partial charge in [-0.1, -0.05) is 6.07 Å². The molecule has 0 aromatic heterocycles. The third-order valence-corrected chi connectivity index (χ3v) is 5.84. The second-order valence-electron chi connectivity index (χ2n) is 7.56. The van der Waals surface area contributed by atoms with Crippen molar-refractivity contribution in [1.29, 1.82) is 0 Å². The fourth-order valence-electron chi connectivity index (χ4n) is 4.40. The summed E-state index contributed by atoms with van der Waals surface area (Å²) >= 11 is 0. The predicted octanol–water partition coefficient (Wildman–Crippen LogP) is 2.71. The molecule has 0 amide bonds. The minimum absolute atomic E-state index is 0.331. The van der Waals surface area contributed by atoms with Gasteiger partial charge in [0.05, 0.1) is 21.3 Å². The normalized spacial score (nSPS) is 21.7. The number of carbonyl (C=O) groups is 1. The molecule has 8 heteroatoms. The zero-order chi connectivity index (χ0) is 21.0. The van der Waals surface area contributed by atoms with Gasteiger partial charge in [-0.15, -0.1) is 0 Å². The molecule has 3 aliphatic heterocycles. The Morgan fingerprint density at radius 2 is 1.83 bits per heavy atom. The Labute approximate surface area is 174 Å². The van der Waals surface area contributed by atoms with Crippen LogP contribution in [0, 0.1) is 0 Å². The summed E-state index contributed by atoms with van der Waals surface area (Å²) in [6.07, 6.45) is -0.648. The first kappa shape index (κ1) is 18.9. The van der Waals surface area contributed by atoms with Crippen molar-refractivity contribution in [3.63, 3.8) is 0 Å². The maximum absolute atomic E-state index is 12.6. The third-order valence-electron chi connectivity index (χ3n) is 5.84. The van der Waals surface area contributed by atoms with Crippen LogP contribution >= 0.6 is 0 Å². The Hall–Kier alpha value is -3.13. The molecule has 158 valence electrons. The molecule has 0 fully saturated rings. The monoisotopic (exact) mass is 413 g/mol. The van der Waals surface area contributed by atoms with E-state index in [0.717, 1.165) is 25.1 Å². The first-order valence-corrected chi connectivity index (χ1v) is 9.76. The molecule has 3 aliphatic rings. The molecular weight excluding hydrogens is 390 g/mol. The first-order valence-electron chi connectivity index (χ1n) is 9.76. The number of hydrogen-bond acceptors (Lipinski definition) is 8. The molecule has 0 saturated heterocycles. The highest BCUT2D eigenvalue weighted by Crippen LogP contribution is 2.51. The van der Waals surface area contributed by atoms with Gasteiger partial charge in [0.15, 0.2) is 23.0 Å². The molecule has 30 heavy (non-hydrogen) atoms. The van der Waals surface area contributed by atoms with Gasteiger partial charge in [0.1, 0.15) is 5.56 Å². The van der Waals surface area contributed by atoms with E-state index in [9.17, 15) is 4.79 Å². The van der Waals surface area contributed by atoms with Crippen molar-refractivity contribution >= 4 is 5.97 Å². The summed E-state index contributed by atoms with van der Waals surface area (Å²) in [5, 5.41) is 0. The van der Waals surface area contributed by atoms with Crippen molar-refractivity contribution in [3.8, 4) is 28.7 Å². The smallest absolute Gasteiger partial charge is 0.343 e. The highest BCUT2D eigenvalue weighted by molar-refractivity contribution is 5.98. The number of ether oxygens (including phenoxy) is 6. The number of hydrogen-bond donors (Lipinski definition) is 0. The second-order valence-corrected chi connectivity index (χ2v) is 7.56. The minimum atomic E-state index is -0.821. The molecule has 5 rings (SSSR count). The van der Waals surface area contributed by atoms with Crippen molar-refractivity contribution in [2.75, 3.05) is 34.9 Å². The number of cyclic esters (lactones) is 1. The van der Waals surface area contributed by atoms with Crippen LogP contribution in [0.1, 0.15) is 33.2 Å². The van der Waals surface area contributed by atoms with Crippen LogP contribution in [0.4, 0.5) is 0 Å². The highest BCUT2D eigenvalue weighted by atomic mass is 16.7. The molecule has 2 atom stereocenters. The van der Waals surface area contributed by atoms with Crippen LogP contribution in [-0.4, -0.2) is 52.1 Å². The molecular formula is C22H23NO7. The van der Waals surface area contributed by atoms with E-state index in [-0.39, 0.29) is 0 Å². The number of fused-ring (bicyclic) bond motifs is 3. The summed E-state index contributed by atoms with van der Waals surface area (Å²) in [7, 11) is 6.71. The Morgan fingerprint density at radius 3 is 2.57 bits per heavy atom. The van der Waals surface area contributed by atoms with E-state index in [2.05, 4.69) is 11.9 Å². The molecule has 0 spiro atoms. The van der Waals surface area contributed by atoms with Crippen LogP contribution in [-0.2, 0) is 17.7 Å². The Kier molecular flexibility index (Phi) is 4.39. The molecule has 8 nitrogen and oxygen atoms in total. The molecule has 2 aromatic rings. The van der Waals surface area contributed by atoms with Crippen LogP contribution in [0.5, 0.6) is 28.7 Å². The lowest BCUT2D eigenvalue weighted by Gasteiger charge is -2.26. The van der Waals surface area contributed by atoms with Crippen LogP contribution in [0.15, 0.2) is 18.2 Å². The van der Waals surface area contributed by atoms with E-state index in [4.69, 9.17) is 28.4 Å². The van der Waals surface area contributed by atoms with Crippen molar-refractivity contribution in [1.82, 2.24) is 4.90 Å². The van der Waals surface area contributed by atoms with E-state index >= 15 is 0 Å². The average Bonchev–Trinajstić information content (AvgIpc) is 3.32. The number of rotatable bonds is 4. The average molecular weight is 413 g/mol. The summed E-state index contributed by atoms with van der Waals surface area (Å²) in [5.41, 5.74) is 3.25. The number of methoxy groups -OCH3 is 3. The standard InChI is InChI=1S/C22H23NO7/c1-23-8-7-11-9-15-20(17(26-3)13(11)10-23)30-22(28-15)18-12-5-6-14(25-2)19(27-4)16(12)21(24)29-18/h5-6,9,18,22H,7-8,10H2,1-4H3. The van der Waals surface area contributed by atoms with Gasteiger partial charge in [0.2, 0.25) is 11.9 Å². The van der Waals surface area contributed by atoms with Gasteiger partial charge >= 0.3 is 5.97 Å². The van der Waals surface area contributed by atoms with E-state index in [0.29, 0.717) is 39.9 Å². The summed E-state index contributed by atoms with van der Waals surface area (Å²) in [4.78, 5) is 14.9. The van der Waals surface area contributed by atoms with Crippen LogP contribution in [0.25, 0.3) is 0 Å². The van der Waals surface area contributed by atoms with Crippen LogP contribution in [0.2, 0.25) is 0 Å². The molecule has 0 N–H and O–H groups in total. The quantitative estimate of drug-likeness (QED) is 0.709. The van der Waals surface area contributed by atoms with Crippen molar-refractivity contribution < 1.29 is 33.2 Å². The Balaban J connectivity index is 1.52. The number of likely N-dealkylation sites (N-methyl/N-ethyl adjacent to an activating group) is 1. The van der Waals surface area contributed by atoms with Gasteiger partial charge in [-0.2, -0.15) is 0 Å². The van der Waals surface area contributed by atoms with Gasteiger partial charge in [-0.05, 0) is 31.2 Å². The minimum Gasteiger partial charge on any atom is -0.493 e. The molecule has 2 unspecified atom stereocenters. The Morgan fingerprint density at radius 1 is 1.03 bits per heavy atom. The Bertz CT molecular complexity index is 1030. The number of carbonyl (C=O) groups excluding carboxylic acids is 1. The van der Waals surface area contributed by atoms with E-state index in [1.165, 1.54) is 19.8 Å². The van der Waals surface area contributed by atoms with Gasteiger partial charge in [0.25, 0.3) is 6.29 Å². The molecule has 0 bridgehead atoms. The topological polar surface area (TPSA) is 75.7 Å². The maximum atomic E-state index is 12.6. The van der Waals surface area contributed by atoms with Gasteiger partial charge < -0.3 is 33.3 Å². The van der Waals surface area contributed by atoms with Gasteiger partial charge in [-0.3, -0.25) is 0 Å². The number of nitrogens with zero attached hydrogens (tertiary/aromatic N) is 1. The lowest BCUT2D eigenvalue weighted by Crippen LogP contribution is -2.27. The number of benzene rings is 2. The second kappa shape index (κ2) is 6.98.